The van der Waals surface area contributed by atoms with Gasteiger partial charge in [0, 0.05) is 6.54 Å². The van der Waals surface area contributed by atoms with E-state index in [-0.39, 0.29) is 12.5 Å². The third kappa shape index (κ3) is 2.57. The molecule has 1 saturated carbocycles. The maximum Gasteiger partial charge on any atom is 0.330 e. The molecule has 0 aliphatic heterocycles. The highest BCUT2D eigenvalue weighted by Gasteiger charge is 2.40. The van der Waals surface area contributed by atoms with E-state index in [2.05, 4.69) is 13.8 Å². The molecule has 1 aliphatic rings. The summed E-state index contributed by atoms with van der Waals surface area (Å²) in [4.78, 5) is 18.3. The normalized spacial score (nSPS) is 32.1. The predicted octanol–water partition coefficient (Wildman–Crippen LogP) is 1.17. The van der Waals surface area contributed by atoms with Crippen LogP contribution in [0.2, 0.25) is 0 Å². The lowest BCUT2D eigenvalue weighted by Crippen LogP contribution is -2.28. The summed E-state index contributed by atoms with van der Waals surface area (Å²) in [6, 6.07) is 0. The molecule has 14 heavy (non-hydrogen) atoms. The first-order valence-electron chi connectivity index (χ1n) is 5.11. The van der Waals surface area contributed by atoms with Gasteiger partial charge in [0.2, 0.25) is 0 Å². The van der Waals surface area contributed by atoms with E-state index in [1.54, 1.807) is 0 Å². The van der Waals surface area contributed by atoms with Crippen LogP contribution in [0.5, 0.6) is 0 Å². The third-order valence-corrected chi connectivity index (χ3v) is 5.03. The van der Waals surface area contributed by atoms with Crippen LogP contribution in [-0.4, -0.2) is 22.0 Å². The van der Waals surface area contributed by atoms with E-state index in [0.717, 1.165) is 12.8 Å². The number of hydrogen-bond donors (Lipinski definition) is 3. The van der Waals surface area contributed by atoms with Crippen molar-refractivity contribution >= 4 is 7.60 Å². The van der Waals surface area contributed by atoms with E-state index >= 15 is 0 Å². The van der Waals surface area contributed by atoms with Gasteiger partial charge in [-0.05, 0) is 30.6 Å². The molecule has 84 valence electrons. The van der Waals surface area contributed by atoms with Crippen molar-refractivity contribution in [3.63, 3.8) is 0 Å². The minimum atomic E-state index is -4.00. The van der Waals surface area contributed by atoms with E-state index in [9.17, 15) is 4.57 Å². The molecule has 0 radical (unpaired) electrons. The van der Waals surface area contributed by atoms with Crippen LogP contribution >= 0.6 is 7.60 Å². The lowest BCUT2D eigenvalue weighted by atomic mass is 10.0. The molecular weight excluding hydrogens is 201 g/mol. The molecule has 0 spiro atoms. The van der Waals surface area contributed by atoms with Crippen LogP contribution in [0.4, 0.5) is 0 Å². The van der Waals surface area contributed by atoms with Gasteiger partial charge in [0.1, 0.15) is 0 Å². The second-order valence-corrected chi connectivity index (χ2v) is 6.42. The Morgan fingerprint density at radius 3 is 2.07 bits per heavy atom. The molecule has 4 nitrogen and oxygen atoms in total. The van der Waals surface area contributed by atoms with Gasteiger partial charge >= 0.3 is 7.60 Å². The molecule has 3 atom stereocenters. The fraction of sp³-hybridized carbons (Fsp3) is 1.00. The van der Waals surface area contributed by atoms with Crippen LogP contribution in [0.25, 0.3) is 0 Å². The summed E-state index contributed by atoms with van der Waals surface area (Å²) in [6.07, 6.45) is 1.79. The molecule has 0 aromatic heterocycles. The molecule has 5 heteroatoms. The van der Waals surface area contributed by atoms with Gasteiger partial charge in [-0.15, -0.1) is 0 Å². The highest BCUT2D eigenvalue weighted by molar-refractivity contribution is 7.52. The largest absolute Gasteiger partial charge is 0.330 e. The van der Waals surface area contributed by atoms with Crippen LogP contribution in [0.3, 0.4) is 0 Å². The van der Waals surface area contributed by atoms with Crippen LogP contribution in [0.1, 0.15) is 26.7 Å². The van der Waals surface area contributed by atoms with Crippen molar-refractivity contribution in [3.05, 3.63) is 0 Å². The maximum atomic E-state index is 11.2. The van der Waals surface area contributed by atoms with Crippen molar-refractivity contribution in [2.75, 3.05) is 6.54 Å². The smallest absolute Gasteiger partial charge is 0.330 e. The molecule has 0 heterocycles. The number of hydrogen-bond acceptors (Lipinski definition) is 2. The van der Waals surface area contributed by atoms with Gasteiger partial charge in [-0.25, -0.2) is 0 Å². The van der Waals surface area contributed by atoms with Crippen molar-refractivity contribution in [2.45, 2.75) is 32.3 Å². The molecule has 0 amide bonds. The first kappa shape index (κ1) is 12.2. The SMILES string of the molecule is C[C@H]1CC(C(CN)P(=O)(O)O)C[C@@H]1C. The van der Waals surface area contributed by atoms with Crippen molar-refractivity contribution in [2.24, 2.45) is 23.5 Å². The minimum Gasteiger partial charge on any atom is -0.330 e. The van der Waals surface area contributed by atoms with Gasteiger partial charge < -0.3 is 15.5 Å². The summed E-state index contributed by atoms with van der Waals surface area (Å²) in [6.45, 7) is 4.37. The van der Waals surface area contributed by atoms with E-state index < -0.39 is 13.3 Å². The lowest BCUT2D eigenvalue weighted by Gasteiger charge is -2.22. The number of rotatable bonds is 3. The molecular formula is C9H20NO3P. The molecule has 0 aromatic carbocycles. The summed E-state index contributed by atoms with van der Waals surface area (Å²) in [5.41, 5.74) is 4.81. The van der Waals surface area contributed by atoms with Crippen LogP contribution in [-0.2, 0) is 4.57 Å². The highest BCUT2D eigenvalue weighted by Crippen LogP contribution is 2.51. The Morgan fingerprint density at radius 1 is 1.36 bits per heavy atom. The zero-order valence-corrected chi connectivity index (χ0v) is 9.65. The first-order chi connectivity index (χ1) is 6.36. The summed E-state index contributed by atoms with van der Waals surface area (Å²) in [5.74, 6) is 1.21. The highest BCUT2D eigenvalue weighted by atomic mass is 31.2. The van der Waals surface area contributed by atoms with Crippen molar-refractivity contribution in [1.82, 2.24) is 0 Å². The monoisotopic (exact) mass is 221 g/mol. The minimum absolute atomic E-state index is 0.0917. The van der Waals surface area contributed by atoms with Gasteiger partial charge in [-0.2, -0.15) is 0 Å². The second-order valence-electron chi connectivity index (χ2n) is 4.58. The summed E-state index contributed by atoms with van der Waals surface area (Å²) >= 11 is 0. The van der Waals surface area contributed by atoms with Crippen LogP contribution in [0.15, 0.2) is 0 Å². The molecule has 1 unspecified atom stereocenters. The van der Waals surface area contributed by atoms with Crippen molar-refractivity contribution in [3.8, 4) is 0 Å². The Morgan fingerprint density at radius 2 is 1.79 bits per heavy atom. The average molecular weight is 221 g/mol. The van der Waals surface area contributed by atoms with E-state index in [1.165, 1.54) is 0 Å². The van der Waals surface area contributed by atoms with E-state index in [0.29, 0.717) is 11.8 Å². The fourth-order valence-electron chi connectivity index (χ4n) is 2.43. The predicted molar refractivity (Wildman–Crippen MR) is 55.9 cm³/mol. The quantitative estimate of drug-likeness (QED) is 0.625. The third-order valence-electron chi connectivity index (χ3n) is 3.54. The Kier molecular flexibility index (Phi) is 3.75. The van der Waals surface area contributed by atoms with Gasteiger partial charge in [0.25, 0.3) is 0 Å². The standard InChI is InChI=1S/C9H20NO3P/c1-6-3-8(4-7(6)2)9(5-10)14(11,12)13/h6-9H,3-5,10H2,1-2H3,(H2,11,12,13)/t6-,7-,9?/m0/s1. The molecule has 0 saturated heterocycles. The van der Waals surface area contributed by atoms with Crippen molar-refractivity contribution < 1.29 is 14.4 Å². The average Bonchev–Trinajstić information content (AvgIpc) is 2.30. The van der Waals surface area contributed by atoms with Crippen molar-refractivity contribution in [1.29, 1.82) is 0 Å². The van der Waals surface area contributed by atoms with Crippen LogP contribution < -0.4 is 5.73 Å². The maximum absolute atomic E-state index is 11.2. The van der Waals surface area contributed by atoms with Gasteiger partial charge in [0.15, 0.2) is 0 Å². The summed E-state index contributed by atoms with van der Waals surface area (Å²) in [7, 11) is -4.00. The molecule has 1 fully saturated rings. The Hall–Kier alpha value is 0.110. The molecule has 1 aliphatic carbocycles. The van der Waals surface area contributed by atoms with Gasteiger partial charge in [0.05, 0.1) is 5.66 Å². The summed E-state index contributed by atoms with van der Waals surface area (Å²) in [5, 5.41) is 0. The van der Waals surface area contributed by atoms with Crippen LogP contribution in [0, 0.1) is 17.8 Å². The topological polar surface area (TPSA) is 83.6 Å². The number of nitrogens with two attached hydrogens (primary N) is 1. The van der Waals surface area contributed by atoms with E-state index in [4.69, 9.17) is 15.5 Å². The summed E-state index contributed by atoms with van der Waals surface area (Å²) < 4.78 is 11.2. The lowest BCUT2D eigenvalue weighted by molar-refractivity contribution is 0.331. The fourth-order valence-corrected chi connectivity index (χ4v) is 3.50. The Balaban J connectivity index is 2.69. The zero-order valence-electron chi connectivity index (χ0n) is 8.76. The molecule has 1 rings (SSSR count). The Labute approximate surface area is 85.0 Å². The van der Waals surface area contributed by atoms with E-state index in [1.807, 2.05) is 0 Å². The molecule has 0 bridgehead atoms. The molecule has 0 aromatic rings. The zero-order chi connectivity index (χ0) is 10.9. The first-order valence-corrected chi connectivity index (χ1v) is 6.79. The van der Waals surface area contributed by atoms with Gasteiger partial charge in [-0.1, -0.05) is 13.8 Å². The Bertz CT molecular complexity index is 230. The molecule has 4 N–H and O–H groups in total. The van der Waals surface area contributed by atoms with Gasteiger partial charge in [-0.3, -0.25) is 4.57 Å². The second kappa shape index (κ2) is 4.31.